The van der Waals surface area contributed by atoms with Crippen LogP contribution in [0.15, 0.2) is 54.9 Å². The number of H-pyrrole nitrogens is 1. The second-order valence-electron chi connectivity index (χ2n) is 9.45. The van der Waals surface area contributed by atoms with E-state index in [0.29, 0.717) is 30.9 Å². The first-order valence-electron chi connectivity index (χ1n) is 12.6. The Morgan fingerprint density at radius 3 is 2.67 bits per heavy atom. The predicted octanol–water partition coefficient (Wildman–Crippen LogP) is 4.94. The van der Waals surface area contributed by atoms with Crippen LogP contribution in [0.2, 0.25) is 0 Å². The first-order chi connectivity index (χ1) is 17.6. The van der Waals surface area contributed by atoms with Crippen molar-refractivity contribution >= 4 is 11.2 Å². The average molecular weight is 488 g/mol. The van der Waals surface area contributed by atoms with Crippen molar-refractivity contribution in [2.75, 3.05) is 13.7 Å². The molecule has 2 aromatic carbocycles. The van der Waals surface area contributed by atoms with Gasteiger partial charge < -0.3 is 23.8 Å². The van der Waals surface area contributed by atoms with E-state index >= 15 is 0 Å². The van der Waals surface area contributed by atoms with Crippen LogP contribution in [0.4, 0.5) is 0 Å². The summed E-state index contributed by atoms with van der Waals surface area (Å²) in [7, 11) is 1.67. The van der Waals surface area contributed by atoms with E-state index in [9.17, 15) is 0 Å². The molecule has 0 radical (unpaired) electrons. The Hall–Kier alpha value is -3.65. The van der Waals surface area contributed by atoms with Crippen molar-refractivity contribution in [3.8, 4) is 11.5 Å². The number of nitrogens with zero attached hydrogens (tertiary/aromatic N) is 3. The topological polar surface area (TPSA) is 98.0 Å². The fourth-order valence-corrected chi connectivity index (χ4v) is 4.65. The number of hydrogen-bond donors (Lipinski definition) is 2. The number of hydrogen-bond acceptors (Lipinski definition) is 6. The van der Waals surface area contributed by atoms with Crippen LogP contribution in [0.5, 0.6) is 11.5 Å². The third-order valence-corrected chi connectivity index (χ3v) is 6.66. The van der Waals surface area contributed by atoms with E-state index in [1.54, 1.807) is 13.4 Å². The molecule has 1 atom stereocenters. The first-order valence-corrected chi connectivity index (χ1v) is 12.6. The van der Waals surface area contributed by atoms with Gasteiger partial charge in [0.15, 0.2) is 22.6 Å². The molecule has 5 rings (SSSR count). The monoisotopic (exact) mass is 487 g/mol. The summed E-state index contributed by atoms with van der Waals surface area (Å²) in [6.07, 6.45) is 6.51. The summed E-state index contributed by atoms with van der Waals surface area (Å²) in [5, 5.41) is 8.29. The molecule has 0 aliphatic heterocycles. The van der Waals surface area contributed by atoms with E-state index in [-0.39, 0.29) is 17.5 Å². The Balaban J connectivity index is 1.34. The van der Waals surface area contributed by atoms with Crippen molar-refractivity contribution in [2.24, 2.45) is 0 Å². The van der Waals surface area contributed by atoms with Crippen molar-refractivity contribution < 1.29 is 14.2 Å². The molecule has 2 heterocycles. The number of imidazole rings is 1. The van der Waals surface area contributed by atoms with Gasteiger partial charge in [-0.1, -0.05) is 43.3 Å². The molecule has 0 bridgehead atoms. The normalized spacial score (nSPS) is 14.8. The lowest BCUT2D eigenvalue weighted by Crippen LogP contribution is -2.14. The van der Waals surface area contributed by atoms with E-state index in [1.807, 2.05) is 41.0 Å². The summed E-state index contributed by atoms with van der Waals surface area (Å²) < 4.78 is 19.7. The van der Waals surface area contributed by atoms with Crippen LogP contribution in [-0.4, -0.2) is 39.3 Å². The van der Waals surface area contributed by atoms with Gasteiger partial charge in [0.05, 0.1) is 39.3 Å². The minimum absolute atomic E-state index is 0.0429. The standard InChI is InChI=1S/C28H33N5O3/c1-19(16-35-17-20-8-4-3-5-9-20)27-31-25-26(29)30-18-33(28(25)32-27)15-21-12-13-23(34-2)24(14-21)36-22-10-6-7-11-22/h3-5,8-9,12-14,18-19,22,29H,6-7,10-11,15-17H2,1-2H3,(H,31,32). The molecule has 2 N–H and O–H groups in total. The Labute approximate surface area is 210 Å². The average Bonchev–Trinajstić information content (AvgIpc) is 3.58. The van der Waals surface area contributed by atoms with Crippen molar-refractivity contribution in [3.63, 3.8) is 0 Å². The van der Waals surface area contributed by atoms with Crippen LogP contribution < -0.4 is 15.0 Å². The van der Waals surface area contributed by atoms with Crippen molar-refractivity contribution in [2.45, 2.75) is 57.8 Å². The molecule has 8 heteroatoms. The highest BCUT2D eigenvalue weighted by molar-refractivity contribution is 5.69. The summed E-state index contributed by atoms with van der Waals surface area (Å²) in [6, 6.07) is 16.1. The molecule has 0 saturated heterocycles. The van der Waals surface area contributed by atoms with Crippen LogP contribution in [0, 0.1) is 5.41 Å². The van der Waals surface area contributed by atoms with E-state index < -0.39 is 0 Å². The van der Waals surface area contributed by atoms with Gasteiger partial charge in [0.2, 0.25) is 0 Å². The van der Waals surface area contributed by atoms with Gasteiger partial charge in [-0.15, -0.1) is 0 Å². The number of aromatic amines is 1. The van der Waals surface area contributed by atoms with Gasteiger partial charge in [0.25, 0.3) is 0 Å². The minimum Gasteiger partial charge on any atom is -0.493 e. The molecule has 4 aromatic rings. The third-order valence-electron chi connectivity index (χ3n) is 6.66. The number of ether oxygens (including phenoxy) is 3. The van der Waals surface area contributed by atoms with E-state index in [0.717, 1.165) is 41.3 Å². The molecule has 1 fully saturated rings. The van der Waals surface area contributed by atoms with Gasteiger partial charge in [-0.25, -0.2) is 9.97 Å². The fraction of sp³-hybridized carbons (Fsp3) is 0.393. The zero-order valence-electron chi connectivity index (χ0n) is 20.9. The van der Waals surface area contributed by atoms with Crippen LogP contribution >= 0.6 is 0 Å². The zero-order chi connectivity index (χ0) is 24.9. The highest BCUT2D eigenvalue weighted by Gasteiger charge is 2.19. The molecular formula is C28H33N5O3. The lowest BCUT2D eigenvalue weighted by atomic mass is 10.2. The molecule has 0 spiro atoms. The van der Waals surface area contributed by atoms with Gasteiger partial charge >= 0.3 is 0 Å². The quantitative estimate of drug-likeness (QED) is 0.330. The zero-order valence-corrected chi connectivity index (χ0v) is 20.9. The third kappa shape index (κ3) is 5.44. The van der Waals surface area contributed by atoms with Crippen molar-refractivity contribution in [1.82, 2.24) is 19.5 Å². The number of aromatic nitrogens is 4. The molecule has 2 aromatic heterocycles. The second-order valence-corrected chi connectivity index (χ2v) is 9.45. The molecule has 188 valence electrons. The maximum absolute atomic E-state index is 8.29. The van der Waals surface area contributed by atoms with Crippen LogP contribution in [-0.2, 0) is 17.9 Å². The Morgan fingerprint density at radius 2 is 1.89 bits per heavy atom. The lowest BCUT2D eigenvalue weighted by molar-refractivity contribution is 0.109. The number of rotatable bonds is 10. The highest BCUT2D eigenvalue weighted by atomic mass is 16.5. The molecule has 1 aliphatic carbocycles. The summed E-state index contributed by atoms with van der Waals surface area (Å²) in [5.74, 6) is 2.34. The number of methoxy groups -OCH3 is 1. The Bertz CT molecular complexity index is 1360. The van der Waals surface area contributed by atoms with Gasteiger partial charge in [0.1, 0.15) is 11.3 Å². The summed E-state index contributed by atoms with van der Waals surface area (Å²) in [6.45, 7) is 3.70. The Kier molecular flexibility index (Phi) is 7.32. The summed E-state index contributed by atoms with van der Waals surface area (Å²) >= 11 is 0. The molecule has 8 nitrogen and oxygen atoms in total. The maximum Gasteiger partial charge on any atom is 0.173 e. The van der Waals surface area contributed by atoms with Gasteiger partial charge in [-0.2, -0.15) is 0 Å². The van der Waals surface area contributed by atoms with Crippen molar-refractivity contribution in [3.05, 3.63) is 77.3 Å². The van der Waals surface area contributed by atoms with E-state index in [2.05, 4.69) is 29.0 Å². The molecule has 1 unspecified atom stereocenters. The minimum atomic E-state index is 0.0429. The van der Waals surface area contributed by atoms with Gasteiger partial charge in [0, 0.05) is 5.92 Å². The molecule has 36 heavy (non-hydrogen) atoms. The van der Waals surface area contributed by atoms with Gasteiger partial charge in [-0.05, 0) is 48.9 Å². The number of benzene rings is 2. The largest absolute Gasteiger partial charge is 0.493 e. The Morgan fingerprint density at radius 1 is 1.08 bits per heavy atom. The first kappa shape index (κ1) is 24.1. The van der Waals surface area contributed by atoms with Crippen LogP contribution in [0.1, 0.15) is 55.5 Å². The fourth-order valence-electron chi connectivity index (χ4n) is 4.65. The molecule has 1 aliphatic rings. The summed E-state index contributed by atoms with van der Waals surface area (Å²) in [5.41, 5.74) is 3.70. The van der Waals surface area contributed by atoms with E-state index in [4.69, 9.17) is 24.6 Å². The highest BCUT2D eigenvalue weighted by Crippen LogP contribution is 2.32. The van der Waals surface area contributed by atoms with E-state index in [1.165, 1.54) is 12.8 Å². The SMILES string of the molecule is COc1ccc(Cn2cnc(=N)c3[nH]c(C(C)COCc4ccccc4)nc32)cc1OC1CCCC1. The molecular weight excluding hydrogens is 454 g/mol. The second kappa shape index (κ2) is 11.0. The smallest absolute Gasteiger partial charge is 0.173 e. The van der Waals surface area contributed by atoms with Crippen LogP contribution in [0.25, 0.3) is 11.2 Å². The summed E-state index contributed by atoms with van der Waals surface area (Å²) in [4.78, 5) is 12.4. The molecule has 1 saturated carbocycles. The number of fused-ring (bicyclic) bond motifs is 1. The predicted molar refractivity (Wildman–Crippen MR) is 137 cm³/mol. The maximum atomic E-state index is 8.29. The van der Waals surface area contributed by atoms with Gasteiger partial charge in [-0.3, -0.25) is 5.41 Å². The van der Waals surface area contributed by atoms with Crippen molar-refractivity contribution in [1.29, 1.82) is 5.41 Å². The number of nitrogens with one attached hydrogen (secondary N) is 2. The lowest BCUT2D eigenvalue weighted by Gasteiger charge is -2.17. The van der Waals surface area contributed by atoms with Crippen LogP contribution in [0.3, 0.4) is 0 Å². The molecule has 0 amide bonds.